The fourth-order valence-electron chi connectivity index (χ4n) is 1.19. The Morgan fingerprint density at radius 2 is 1.67 bits per heavy atom. The topological polar surface area (TPSA) is 108 Å². The average Bonchev–Trinajstić information content (AvgIpc) is 2.43. The molecule has 1 aromatic carbocycles. The van der Waals surface area contributed by atoms with Gasteiger partial charge in [-0.15, -0.1) is 0 Å². The fraction of sp³-hybridized carbons (Fsp3) is 0.182. The van der Waals surface area contributed by atoms with Crippen LogP contribution in [0.2, 0.25) is 0 Å². The number of aliphatic carboxylic acids is 1. The second-order valence-corrected chi connectivity index (χ2v) is 3.70. The Bertz CT molecular complexity index is 580. The molecule has 0 bridgehead atoms. The largest absolute Gasteiger partial charge is 0.480 e. The molecule has 21 heavy (non-hydrogen) atoms. The monoisotopic (exact) mass is 305 g/mol. The third kappa shape index (κ3) is 5.01. The summed E-state index contributed by atoms with van der Waals surface area (Å²) < 4.78 is 38.8. The highest BCUT2D eigenvalue weighted by Gasteiger charge is 2.15. The number of nitrogens with one attached hydrogen (secondary N) is 3. The lowest BCUT2D eigenvalue weighted by Gasteiger charge is -2.09. The van der Waals surface area contributed by atoms with Gasteiger partial charge in [0.15, 0.2) is 17.5 Å². The summed E-state index contributed by atoms with van der Waals surface area (Å²) in [5.74, 6) is -6.80. The Balaban J connectivity index is 2.49. The van der Waals surface area contributed by atoms with E-state index in [1.807, 2.05) is 16.0 Å². The molecule has 0 saturated heterocycles. The summed E-state index contributed by atoms with van der Waals surface area (Å²) in [7, 11) is 0. The standard InChI is InChI=1S/C11H10F3N3O4/c12-5-1-2-6(10(14)9(5)13)17-11(21)16-3-7(18)15-4-8(19)20/h1-2H,3-4H2,(H,15,18)(H,19,20)(H2,16,17,21). The number of hydrogen-bond acceptors (Lipinski definition) is 3. The van der Waals surface area contributed by atoms with E-state index in [0.29, 0.717) is 6.07 Å². The van der Waals surface area contributed by atoms with Gasteiger partial charge in [-0.3, -0.25) is 9.59 Å². The molecule has 7 nitrogen and oxygen atoms in total. The Hall–Kier alpha value is -2.78. The van der Waals surface area contributed by atoms with Crippen molar-refractivity contribution in [3.63, 3.8) is 0 Å². The van der Waals surface area contributed by atoms with Crippen LogP contribution in [0.15, 0.2) is 12.1 Å². The quantitative estimate of drug-likeness (QED) is 0.591. The Morgan fingerprint density at radius 3 is 2.29 bits per heavy atom. The third-order valence-corrected chi connectivity index (χ3v) is 2.13. The van der Waals surface area contributed by atoms with Gasteiger partial charge in [0.25, 0.3) is 0 Å². The summed E-state index contributed by atoms with van der Waals surface area (Å²) in [5, 5.41) is 14.1. The second kappa shape index (κ2) is 7.12. The van der Waals surface area contributed by atoms with Crippen LogP contribution in [-0.4, -0.2) is 36.1 Å². The zero-order chi connectivity index (χ0) is 16.0. The van der Waals surface area contributed by atoms with Gasteiger partial charge in [-0.1, -0.05) is 0 Å². The van der Waals surface area contributed by atoms with Crippen molar-refractivity contribution in [2.75, 3.05) is 18.4 Å². The number of urea groups is 1. The Kier molecular flexibility index (Phi) is 5.52. The first-order valence-electron chi connectivity index (χ1n) is 5.48. The number of carbonyl (C=O) groups is 3. The number of amides is 3. The van der Waals surface area contributed by atoms with Crippen LogP contribution < -0.4 is 16.0 Å². The van der Waals surface area contributed by atoms with Gasteiger partial charge in [-0.05, 0) is 12.1 Å². The molecule has 0 unspecified atom stereocenters. The second-order valence-electron chi connectivity index (χ2n) is 3.70. The van der Waals surface area contributed by atoms with Gasteiger partial charge >= 0.3 is 12.0 Å². The van der Waals surface area contributed by atoms with E-state index >= 15 is 0 Å². The summed E-state index contributed by atoms with van der Waals surface area (Å²) in [6, 6.07) is 0.371. The van der Waals surface area contributed by atoms with E-state index in [9.17, 15) is 27.6 Å². The lowest BCUT2D eigenvalue weighted by atomic mass is 10.3. The SMILES string of the molecule is O=C(O)CNC(=O)CNC(=O)Nc1ccc(F)c(F)c1F. The molecule has 114 valence electrons. The normalized spacial score (nSPS) is 9.86. The fourth-order valence-corrected chi connectivity index (χ4v) is 1.19. The first-order chi connectivity index (χ1) is 9.81. The predicted molar refractivity (Wildman–Crippen MR) is 64.0 cm³/mol. The van der Waals surface area contributed by atoms with Crippen molar-refractivity contribution in [2.45, 2.75) is 0 Å². The Morgan fingerprint density at radius 1 is 1.00 bits per heavy atom. The number of carbonyl (C=O) groups excluding carboxylic acids is 2. The van der Waals surface area contributed by atoms with Crippen LogP contribution in [0.1, 0.15) is 0 Å². The Labute approximate surface area is 116 Å². The van der Waals surface area contributed by atoms with E-state index < -0.39 is 54.1 Å². The molecule has 0 spiro atoms. The van der Waals surface area contributed by atoms with Crippen LogP contribution >= 0.6 is 0 Å². The molecule has 0 aliphatic carbocycles. The molecule has 10 heteroatoms. The number of carboxylic acids is 1. The van der Waals surface area contributed by atoms with Crippen molar-refractivity contribution in [3.05, 3.63) is 29.6 Å². The minimum atomic E-state index is -1.74. The molecular formula is C11H10F3N3O4. The third-order valence-electron chi connectivity index (χ3n) is 2.13. The minimum absolute atomic E-state index is 0.579. The molecule has 0 saturated carbocycles. The van der Waals surface area contributed by atoms with Crippen molar-refractivity contribution in [3.8, 4) is 0 Å². The van der Waals surface area contributed by atoms with E-state index in [1.165, 1.54) is 0 Å². The molecule has 0 aliphatic rings. The lowest BCUT2D eigenvalue weighted by molar-refractivity contribution is -0.137. The number of halogens is 3. The molecule has 3 amide bonds. The van der Waals surface area contributed by atoms with E-state index in [-0.39, 0.29) is 0 Å². The van der Waals surface area contributed by atoms with Crippen LogP contribution in [0.25, 0.3) is 0 Å². The van der Waals surface area contributed by atoms with Gasteiger partial charge in [-0.25, -0.2) is 18.0 Å². The lowest BCUT2D eigenvalue weighted by Crippen LogP contribution is -2.40. The molecule has 0 radical (unpaired) electrons. The highest BCUT2D eigenvalue weighted by atomic mass is 19.2. The molecule has 0 aliphatic heterocycles. The highest BCUT2D eigenvalue weighted by Crippen LogP contribution is 2.19. The van der Waals surface area contributed by atoms with Crippen LogP contribution in [0.5, 0.6) is 0 Å². The number of hydrogen-bond donors (Lipinski definition) is 4. The molecule has 4 N–H and O–H groups in total. The van der Waals surface area contributed by atoms with Gasteiger partial charge in [0.2, 0.25) is 5.91 Å². The van der Waals surface area contributed by atoms with Gasteiger partial charge in [0.1, 0.15) is 6.54 Å². The maximum Gasteiger partial charge on any atom is 0.322 e. The summed E-state index contributed by atoms with van der Waals surface area (Å²) in [4.78, 5) is 32.5. The molecule has 0 atom stereocenters. The zero-order valence-corrected chi connectivity index (χ0v) is 10.4. The van der Waals surface area contributed by atoms with Gasteiger partial charge in [-0.2, -0.15) is 0 Å². The van der Waals surface area contributed by atoms with E-state index in [4.69, 9.17) is 5.11 Å². The van der Waals surface area contributed by atoms with Gasteiger partial charge < -0.3 is 21.1 Å². The summed E-state index contributed by atoms with van der Waals surface area (Å²) in [6.45, 7) is -1.20. The predicted octanol–water partition coefficient (Wildman–Crippen LogP) is 0.426. The van der Waals surface area contributed by atoms with Crippen molar-refractivity contribution in [1.29, 1.82) is 0 Å². The van der Waals surface area contributed by atoms with E-state index in [2.05, 4.69) is 0 Å². The van der Waals surface area contributed by atoms with E-state index in [0.717, 1.165) is 6.07 Å². The molecule has 0 fully saturated rings. The molecule has 1 aromatic rings. The van der Waals surface area contributed by atoms with Gasteiger partial charge in [0.05, 0.1) is 12.2 Å². The number of rotatable bonds is 5. The summed E-state index contributed by atoms with van der Waals surface area (Å²) in [5.41, 5.74) is -0.614. The van der Waals surface area contributed by atoms with Crippen LogP contribution in [0, 0.1) is 17.5 Å². The van der Waals surface area contributed by atoms with Crippen molar-refractivity contribution in [1.82, 2.24) is 10.6 Å². The zero-order valence-electron chi connectivity index (χ0n) is 10.4. The summed E-state index contributed by atoms with van der Waals surface area (Å²) >= 11 is 0. The van der Waals surface area contributed by atoms with Crippen LogP contribution in [0.3, 0.4) is 0 Å². The van der Waals surface area contributed by atoms with Crippen molar-refractivity contribution >= 4 is 23.6 Å². The van der Waals surface area contributed by atoms with Crippen LogP contribution in [-0.2, 0) is 9.59 Å². The highest BCUT2D eigenvalue weighted by molar-refractivity contribution is 5.92. The number of anilines is 1. The number of benzene rings is 1. The van der Waals surface area contributed by atoms with Crippen molar-refractivity contribution in [2.24, 2.45) is 0 Å². The molecule has 0 heterocycles. The maximum atomic E-state index is 13.2. The first-order valence-corrected chi connectivity index (χ1v) is 5.48. The van der Waals surface area contributed by atoms with Gasteiger partial charge in [0, 0.05) is 0 Å². The summed E-state index contributed by atoms with van der Waals surface area (Å²) in [6.07, 6.45) is 0. The minimum Gasteiger partial charge on any atom is -0.480 e. The smallest absolute Gasteiger partial charge is 0.322 e. The average molecular weight is 305 g/mol. The van der Waals surface area contributed by atoms with Crippen molar-refractivity contribution < 1.29 is 32.7 Å². The number of carboxylic acid groups (broad SMARTS) is 1. The first kappa shape index (κ1) is 16.3. The molecule has 1 rings (SSSR count). The van der Waals surface area contributed by atoms with Crippen LogP contribution in [0.4, 0.5) is 23.7 Å². The maximum absolute atomic E-state index is 13.2. The molecule has 0 aromatic heterocycles. The van der Waals surface area contributed by atoms with E-state index in [1.54, 1.807) is 0 Å². The molecular weight excluding hydrogens is 295 g/mol.